The van der Waals surface area contributed by atoms with E-state index in [0.717, 1.165) is 0 Å². The van der Waals surface area contributed by atoms with E-state index in [-0.39, 0.29) is 11.6 Å². The highest BCUT2D eigenvalue weighted by molar-refractivity contribution is 14.1. The molecule has 2 rings (SSSR count). The first-order chi connectivity index (χ1) is 8.61. The van der Waals surface area contributed by atoms with Crippen LogP contribution in [0.2, 0.25) is 0 Å². The predicted octanol–water partition coefficient (Wildman–Crippen LogP) is 3.81. The van der Waals surface area contributed by atoms with Gasteiger partial charge in [-0.2, -0.15) is 0 Å². The zero-order chi connectivity index (χ0) is 13.1. The molecule has 0 amide bonds. The Bertz CT molecular complexity index is 575. The molecule has 0 saturated carbocycles. The summed E-state index contributed by atoms with van der Waals surface area (Å²) in [6.07, 6.45) is 0. The molecule has 2 aromatic carbocycles. The van der Waals surface area contributed by atoms with Gasteiger partial charge in [-0.3, -0.25) is 0 Å². The fourth-order valence-corrected chi connectivity index (χ4v) is 1.95. The number of ether oxygens (including phenoxy) is 2. The lowest BCUT2D eigenvalue weighted by Gasteiger charge is -2.12. The van der Waals surface area contributed by atoms with E-state index in [1.807, 2.05) is 28.7 Å². The number of hydrogen-bond donors (Lipinski definition) is 1. The molecule has 0 fully saturated rings. The molecule has 5 heteroatoms. The van der Waals surface area contributed by atoms with Crippen molar-refractivity contribution in [1.29, 1.82) is 0 Å². The number of halogens is 2. The number of para-hydroxylation sites is 2. The summed E-state index contributed by atoms with van der Waals surface area (Å²) in [5.74, 6) is 0.968. The predicted molar refractivity (Wildman–Crippen MR) is 76.6 cm³/mol. The highest BCUT2D eigenvalue weighted by Crippen LogP contribution is 2.35. The van der Waals surface area contributed by atoms with Crippen molar-refractivity contribution < 1.29 is 13.9 Å². The summed E-state index contributed by atoms with van der Waals surface area (Å²) in [5.41, 5.74) is 6.17. The minimum atomic E-state index is -0.366. The lowest BCUT2D eigenvalue weighted by molar-refractivity contribution is 0.378. The Morgan fingerprint density at radius 1 is 1.11 bits per heavy atom. The molecule has 0 atom stereocenters. The standard InChI is InChI=1S/C13H11FINO2/c1-17-11-4-2-3-5-12(11)18-13-6-8(14)9(15)7-10(13)16/h2-7H,16H2,1H3. The third-order valence-electron chi connectivity index (χ3n) is 2.34. The van der Waals surface area contributed by atoms with Gasteiger partial charge in [-0.1, -0.05) is 12.1 Å². The van der Waals surface area contributed by atoms with E-state index in [0.29, 0.717) is 20.8 Å². The number of rotatable bonds is 3. The van der Waals surface area contributed by atoms with Crippen LogP contribution in [0.3, 0.4) is 0 Å². The topological polar surface area (TPSA) is 44.5 Å². The molecule has 0 heterocycles. The minimum absolute atomic E-state index is 0.275. The summed E-state index contributed by atoms with van der Waals surface area (Å²) in [7, 11) is 1.54. The number of nitrogen functional groups attached to an aromatic ring is 1. The Hall–Kier alpha value is -1.50. The van der Waals surface area contributed by atoms with Crippen molar-refractivity contribution in [1.82, 2.24) is 0 Å². The van der Waals surface area contributed by atoms with E-state index in [4.69, 9.17) is 15.2 Å². The Kier molecular flexibility index (Phi) is 3.90. The fourth-order valence-electron chi connectivity index (χ4n) is 1.45. The average Bonchev–Trinajstić information content (AvgIpc) is 2.36. The van der Waals surface area contributed by atoms with Gasteiger partial charge in [0, 0.05) is 6.07 Å². The van der Waals surface area contributed by atoms with Gasteiger partial charge >= 0.3 is 0 Å². The molecule has 0 aromatic heterocycles. The molecule has 94 valence electrons. The lowest BCUT2D eigenvalue weighted by atomic mass is 10.3. The van der Waals surface area contributed by atoms with E-state index in [1.54, 1.807) is 25.3 Å². The van der Waals surface area contributed by atoms with Crippen molar-refractivity contribution in [2.45, 2.75) is 0 Å². The molecular formula is C13H11FINO2. The normalized spacial score (nSPS) is 10.2. The third kappa shape index (κ3) is 2.66. The first kappa shape index (κ1) is 12.9. The van der Waals surface area contributed by atoms with Crippen LogP contribution in [0.15, 0.2) is 36.4 Å². The smallest absolute Gasteiger partial charge is 0.169 e. The van der Waals surface area contributed by atoms with Gasteiger partial charge in [-0.15, -0.1) is 0 Å². The molecule has 3 nitrogen and oxygen atoms in total. The van der Waals surface area contributed by atoms with E-state index in [9.17, 15) is 4.39 Å². The van der Waals surface area contributed by atoms with Crippen LogP contribution in [0.5, 0.6) is 17.2 Å². The monoisotopic (exact) mass is 359 g/mol. The van der Waals surface area contributed by atoms with E-state index >= 15 is 0 Å². The number of hydrogen-bond acceptors (Lipinski definition) is 3. The molecule has 0 unspecified atom stereocenters. The van der Waals surface area contributed by atoms with Crippen molar-refractivity contribution in [3.8, 4) is 17.2 Å². The zero-order valence-corrected chi connectivity index (χ0v) is 11.8. The third-order valence-corrected chi connectivity index (χ3v) is 3.17. The molecule has 0 aliphatic rings. The SMILES string of the molecule is COc1ccccc1Oc1cc(F)c(I)cc1N. The molecule has 0 bridgehead atoms. The quantitative estimate of drug-likeness (QED) is 0.670. The largest absolute Gasteiger partial charge is 0.493 e. The van der Waals surface area contributed by atoms with Gasteiger partial charge < -0.3 is 15.2 Å². The molecule has 0 saturated heterocycles. The zero-order valence-electron chi connectivity index (χ0n) is 9.61. The van der Waals surface area contributed by atoms with Crippen LogP contribution in [-0.4, -0.2) is 7.11 Å². The summed E-state index contributed by atoms with van der Waals surface area (Å²) >= 11 is 1.88. The van der Waals surface area contributed by atoms with Crippen LogP contribution in [0.4, 0.5) is 10.1 Å². The summed E-state index contributed by atoms with van der Waals surface area (Å²) < 4.78 is 24.7. The van der Waals surface area contributed by atoms with E-state index in [1.165, 1.54) is 12.1 Å². The molecule has 2 aromatic rings. The maximum absolute atomic E-state index is 13.5. The van der Waals surface area contributed by atoms with Crippen LogP contribution < -0.4 is 15.2 Å². The molecule has 18 heavy (non-hydrogen) atoms. The Morgan fingerprint density at radius 3 is 2.44 bits per heavy atom. The van der Waals surface area contributed by atoms with Crippen LogP contribution in [0, 0.1) is 9.39 Å². The van der Waals surface area contributed by atoms with Gasteiger partial charge in [-0.05, 0) is 40.8 Å². The van der Waals surface area contributed by atoms with Crippen LogP contribution in [0.25, 0.3) is 0 Å². The minimum Gasteiger partial charge on any atom is -0.493 e. The van der Waals surface area contributed by atoms with Crippen LogP contribution in [0.1, 0.15) is 0 Å². The van der Waals surface area contributed by atoms with Gasteiger partial charge in [-0.25, -0.2) is 4.39 Å². The van der Waals surface area contributed by atoms with Gasteiger partial charge in [0.05, 0.1) is 16.4 Å². The van der Waals surface area contributed by atoms with Gasteiger partial charge in [0.25, 0.3) is 0 Å². The number of benzene rings is 2. The van der Waals surface area contributed by atoms with E-state index < -0.39 is 0 Å². The number of nitrogens with two attached hydrogens (primary N) is 1. The second-order valence-electron chi connectivity index (χ2n) is 3.56. The Morgan fingerprint density at radius 2 is 1.78 bits per heavy atom. The van der Waals surface area contributed by atoms with Crippen molar-refractivity contribution in [2.75, 3.05) is 12.8 Å². The highest BCUT2D eigenvalue weighted by Gasteiger charge is 2.10. The fraction of sp³-hybridized carbons (Fsp3) is 0.0769. The van der Waals surface area contributed by atoms with Crippen molar-refractivity contribution in [3.05, 3.63) is 45.8 Å². The average molecular weight is 359 g/mol. The molecule has 0 radical (unpaired) electrons. The summed E-state index contributed by atoms with van der Waals surface area (Å²) in [4.78, 5) is 0. The van der Waals surface area contributed by atoms with Gasteiger partial charge in [0.2, 0.25) is 0 Å². The second kappa shape index (κ2) is 5.43. The molecule has 0 aliphatic heterocycles. The summed E-state index contributed by atoms with van der Waals surface area (Å²) in [6.45, 7) is 0. The molecule has 0 spiro atoms. The molecular weight excluding hydrogens is 348 g/mol. The first-order valence-corrected chi connectivity index (χ1v) is 6.25. The Labute approximate surface area is 118 Å². The summed E-state index contributed by atoms with van der Waals surface area (Å²) in [6, 6.07) is 9.91. The van der Waals surface area contributed by atoms with Crippen molar-refractivity contribution in [2.24, 2.45) is 0 Å². The van der Waals surface area contributed by atoms with Gasteiger partial charge in [0.1, 0.15) is 5.82 Å². The highest BCUT2D eigenvalue weighted by atomic mass is 127. The lowest BCUT2D eigenvalue weighted by Crippen LogP contribution is -1.96. The summed E-state index contributed by atoms with van der Waals surface area (Å²) in [5, 5.41) is 0. The maximum Gasteiger partial charge on any atom is 0.169 e. The Balaban J connectivity index is 2.37. The molecule has 0 aliphatic carbocycles. The van der Waals surface area contributed by atoms with E-state index in [2.05, 4.69) is 0 Å². The van der Waals surface area contributed by atoms with Crippen LogP contribution >= 0.6 is 22.6 Å². The van der Waals surface area contributed by atoms with Gasteiger partial charge in [0.15, 0.2) is 17.2 Å². The molecule has 2 N–H and O–H groups in total. The van der Waals surface area contributed by atoms with Crippen molar-refractivity contribution in [3.63, 3.8) is 0 Å². The first-order valence-electron chi connectivity index (χ1n) is 5.17. The second-order valence-corrected chi connectivity index (χ2v) is 4.72. The van der Waals surface area contributed by atoms with Crippen LogP contribution in [-0.2, 0) is 0 Å². The number of methoxy groups -OCH3 is 1. The maximum atomic E-state index is 13.5. The van der Waals surface area contributed by atoms with Crippen molar-refractivity contribution >= 4 is 28.3 Å². The number of anilines is 1.